The number of ether oxygens (including phenoxy) is 1. The van der Waals surface area contributed by atoms with E-state index in [-0.39, 0.29) is 12.6 Å². The molecule has 0 radical (unpaired) electrons. The molecule has 1 atom stereocenters. The van der Waals surface area contributed by atoms with Crippen LogP contribution in [0.1, 0.15) is 0 Å². The Morgan fingerprint density at radius 3 is 2.96 bits per heavy atom. The first-order valence-electron chi connectivity index (χ1n) is 7.16. The van der Waals surface area contributed by atoms with Gasteiger partial charge in [-0.25, -0.2) is 0 Å². The number of rotatable bonds is 7. The molecule has 1 amide bonds. The SMILES string of the molecule is C=BN=NC[C@@H](COC(=O)Nc1cc2ccccc2cn1)NC. The second-order valence-corrected chi connectivity index (χ2v) is 4.75. The second kappa shape index (κ2) is 8.74. The van der Waals surface area contributed by atoms with E-state index in [1.54, 1.807) is 19.3 Å². The summed E-state index contributed by atoms with van der Waals surface area (Å²) in [6.45, 7) is 4.01. The van der Waals surface area contributed by atoms with Gasteiger partial charge in [-0.3, -0.25) is 0 Å². The predicted octanol–water partition coefficient (Wildman–Crippen LogP) is 1.87. The fraction of sp³-hybridized carbons (Fsp3) is 0.267. The Balaban J connectivity index is 1.87. The molecule has 0 aliphatic carbocycles. The number of amides is 1. The first-order chi connectivity index (χ1) is 11.2. The Bertz CT molecular complexity index is 707. The van der Waals surface area contributed by atoms with Gasteiger partial charge in [-0.15, -0.1) is 0 Å². The van der Waals surface area contributed by atoms with Crippen molar-refractivity contribution in [2.45, 2.75) is 6.04 Å². The van der Waals surface area contributed by atoms with Crippen LogP contribution in [0.25, 0.3) is 10.8 Å². The van der Waals surface area contributed by atoms with Gasteiger partial charge in [0.2, 0.25) is 0 Å². The molecule has 1 heterocycles. The summed E-state index contributed by atoms with van der Waals surface area (Å²) in [4.78, 5) is 16.0. The van der Waals surface area contributed by atoms with Crippen LogP contribution in [0.3, 0.4) is 0 Å². The van der Waals surface area contributed by atoms with Crippen LogP contribution in [0.4, 0.5) is 10.6 Å². The first kappa shape index (κ1) is 16.8. The van der Waals surface area contributed by atoms with Gasteiger partial charge in [-0.2, -0.15) is 0 Å². The van der Waals surface area contributed by atoms with Crippen LogP contribution in [-0.4, -0.2) is 50.8 Å². The number of pyridine rings is 1. The number of benzene rings is 1. The van der Waals surface area contributed by atoms with Crippen molar-refractivity contribution in [3.63, 3.8) is 0 Å². The predicted molar refractivity (Wildman–Crippen MR) is 92.2 cm³/mol. The zero-order chi connectivity index (χ0) is 16.5. The Morgan fingerprint density at radius 1 is 1.43 bits per heavy atom. The van der Waals surface area contributed by atoms with Crippen LogP contribution in [0.2, 0.25) is 0 Å². The number of fused-ring (bicyclic) bond motifs is 1. The normalized spacial score (nSPS) is 12.0. The topological polar surface area (TPSA) is 88.0 Å². The molecule has 0 aliphatic rings. The number of likely N-dealkylation sites (N-methyl/N-ethyl adjacent to an activating group) is 1. The van der Waals surface area contributed by atoms with Crippen molar-refractivity contribution in [3.05, 3.63) is 36.5 Å². The van der Waals surface area contributed by atoms with Crippen LogP contribution in [0.5, 0.6) is 0 Å². The molecule has 23 heavy (non-hydrogen) atoms. The minimum atomic E-state index is -0.561. The maximum atomic E-state index is 11.8. The Hall–Kier alpha value is -2.61. The number of aromatic nitrogens is 1. The third kappa shape index (κ3) is 5.26. The fourth-order valence-electron chi connectivity index (χ4n) is 1.90. The zero-order valence-electron chi connectivity index (χ0n) is 12.9. The molecular formula is C15H18BN5O2. The molecular weight excluding hydrogens is 293 g/mol. The van der Waals surface area contributed by atoms with Gasteiger partial charge in [0.25, 0.3) is 0 Å². The van der Waals surface area contributed by atoms with Gasteiger partial charge in [0.1, 0.15) is 0 Å². The molecule has 0 fully saturated rings. The van der Waals surface area contributed by atoms with E-state index in [0.717, 1.165) is 10.8 Å². The molecule has 0 unspecified atom stereocenters. The van der Waals surface area contributed by atoms with Gasteiger partial charge in [0.15, 0.2) is 0 Å². The van der Waals surface area contributed by atoms with Crippen molar-refractivity contribution in [2.75, 3.05) is 25.5 Å². The molecule has 2 aromatic rings. The van der Waals surface area contributed by atoms with Gasteiger partial charge in [-0.05, 0) is 0 Å². The van der Waals surface area contributed by atoms with E-state index in [0.29, 0.717) is 12.4 Å². The van der Waals surface area contributed by atoms with Crippen molar-refractivity contribution >= 4 is 36.2 Å². The summed E-state index contributed by atoms with van der Waals surface area (Å²) < 4.78 is 5.16. The standard InChI is InChI=1S/C15H18BN5O2/c1-16-21-19-9-13(17-2)10-23-15(22)20-14-7-11-5-3-4-6-12(11)8-18-14/h3-8,13,17H,1,9-10H2,2H3,(H,18,20,22)/t13-/m0/s1. The molecule has 1 aromatic heterocycles. The summed E-state index contributed by atoms with van der Waals surface area (Å²) in [7, 11) is 3.12. The van der Waals surface area contributed by atoms with E-state index in [9.17, 15) is 4.79 Å². The van der Waals surface area contributed by atoms with Crippen molar-refractivity contribution in [1.29, 1.82) is 0 Å². The van der Waals surface area contributed by atoms with Crippen molar-refractivity contribution < 1.29 is 9.53 Å². The molecule has 0 saturated heterocycles. The molecule has 2 rings (SSSR count). The molecule has 118 valence electrons. The van der Waals surface area contributed by atoms with Crippen LogP contribution in [0, 0.1) is 0 Å². The summed E-state index contributed by atoms with van der Waals surface area (Å²) in [5, 5.41) is 15.2. The summed E-state index contributed by atoms with van der Waals surface area (Å²) in [5.74, 6) is 0.445. The van der Waals surface area contributed by atoms with Crippen molar-refractivity contribution in [1.82, 2.24) is 10.3 Å². The van der Waals surface area contributed by atoms with E-state index in [1.807, 2.05) is 24.3 Å². The molecule has 0 aliphatic heterocycles. The number of anilines is 1. The number of hydrogen-bond donors (Lipinski definition) is 2. The summed E-state index contributed by atoms with van der Waals surface area (Å²) in [6.07, 6.45) is 1.14. The third-order valence-corrected chi connectivity index (χ3v) is 3.15. The number of carbonyl (C=O) groups is 1. The molecule has 8 heteroatoms. The van der Waals surface area contributed by atoms with Crippen molar-refractivity contribution in [2.24, 2.45) is 10.1 Å². The maximum absolute atomic E-state index is 11.8. The van der Waals surface area contributed by atoms with Gasteiger partial charge in [-0.1, -0.05) is 18.2 Å². The minimum absolute atomic E-state index is 0.117. The molecule has 0 saturated carbocycles. The van der Waals surface area contributed by atoms with E-state index in [1.165, 1.54) is 7.06 Å². The van der Waals surface area contributed by atoms with Gasteiger partial charge in [0, 0.05) is 0 Å². The Morgan fingerprint density at radius 2 is 2.22 bits per heavy atom. The number of nitrogens with one attached hydrogen (secondary N) is 2. The van der Waals surface area contributed by atoms with Crippen molar-refractivity contribution in [3.8, 4) is 0 Å². The van der Waals surface area contributed by atoms with Crippen LogP contribution in [0.15, 0.2) is 46.7 Å². The average Bonchev–Trinajstić information content (AvgIpc) is 2.58. The average molecular weight is 311 g/mol. The summed E-state index contributed by atoms with van der Waals surface area (Å²) in [6, 6.07) is 9.46. The Labute approximate surface area is 135 Å². The van der Waals surface area contributed by atoms with E-state index in [2.05, 4.69) is 32.2 Å². The number of carbonyl (C=O) groups excluding carboxylic acids is 1. The molecule has 2 N–H and O–H groups in total. The second-order valence-electron chi connectivity index (χ2n) is 4.75. The monoisotopic (exact) mass is 311 g/mol. The quantitative estimate of drug-likeness (QED) is 0.603. The van der Waals surface area contributed by atoms with E-state index >= 15 is 0 Å². The van der Waals surface area contributed by atoms with Crippen LogP contribution >= 0.6 is 0 Å². The van der Waals surface area contributed by atoms with Crippen LogP contribution < -0.4 is 10.6 Å². The van der Waals surface area contributed by atoms with Gasteiger partial charge >= 0.3 is 116 Å². The molecule has 1 aromatic carbocycles. The van der Waals surface area contributed by atoms with E-state index in [4.69, 9.17) is 4.74 Å². The molecule has 7 nitrogen and oxygen atoms in total. The van der Waals surface area contributed by atoms with Crippen LogP contribution in [-0.2, 0) is 4.74 Å². The third-order valence-electron chi connectivity index (χ3n) is 3.15. The van der Waals surface area contributed by atoms with Gasteiger partial charge in [0.05, 0.1) is 0 Å². The van der Waals surface area contributed by atoms with E-state index < -0.39 is 6.09 Å². The first-order valence-corrected chi connectivity index (χ1v) is 7.16. The summed E-state index contributed by atoms with van der Waals surface area (Å²) >= 11 is 0. The van der Waals surface area contributed by atoms with Gasteiger partial charge < -0.3 is 0 Å². The molecule has 0 spiro atoms. The number of nitrogens with zero attached hydrogens (tertiary/aromatic N) is 3. The number of hydrogen-bond acceptors (Lipinski definition) is 6. The Kier molecular flexibility index (Phi) is 6.37. The summed E-state index contributed by atoms with van der Waals surface area (Å²) in [5.41, 5.74) is 0. The fourth-order valence-corrected chi connectivity index (χ4v) is 1.90. The zero-order valence-corrected chi connectivity index (χ0v) is 12.9. The molecule has 0 bridgehead atoms.